The van der Waals surface area contributed by atoms with Gasteiger partial charge in [0.25, 0.3) is 10.0 Å². The molecule has 0 aliphatic carbocycles. The van der Waals surface area contributed by atoms with Crippen molar-refractivity contribution in [2.75, 3.05) is 0 Å². The van der Waals surface area contributed by atoms with Crippen molar-refractivity contribution in [3.8, 4) is 0 Å². The molecule has 0 spiro atoms. The second-order valence-electron chi connectivity index (χ2n) is 9.50. The zero-order valence-corrected chi connectivity index (χ0v) is 21.6. The largest absolute Gasteiger partial charge is 0.478 e. The molecule has 0 heterocycles. The first-order valence-corrected chi connectivity index (χ1v) is 14.8. The molecular formula is C17H36O6Si3. The van der Waals surface area contributed by atoms with Gasteiger partial charge in [-0.3, -0.25) is 0 Å². The van der Waals surface area contributed by atoms with Crippen LogP contribution in [0.5, 0.6) is 0 Å². The van der Waals surface area contributed by atoms with Gasteiger partial charge in [-0.15, -0.1) is 0 Å². The van der Waals surface area contributed by atoms with Gasteiger partial charge in [-0.05, 0) is 42.4 Å². The van der Waals surface area contributed by atoms with Crippen LogP contribution in [-0.2, 0) is 17.8 Å². The average Bonchev–Trinajstić information content (AvgIpc) is 2.37. The van der Waals surface area contributed by atoms with Crippen molar-refractivity contribution in [2.45, 2.75) is 72.6 Å². The van der Waals surface area contributed by atoms with Crippen LogP contribution < -0.4 is 0 Å². The number of carboxylic acid groups (broad SMARTS) is 2. The van der Waals surface area contributed by atoms with E-state index in [1.807, 2.05) is 13.8 Å². The molecule has 0 aliphatic heterocycles. The fourth-order valence-electron chi connectivity index (χ4n) is 3.28. The van der Waals surface area contributed by atoms with E-state index in [4.69, 9.17) is 8.23 Å². The molecule has 6 nitrogen and oxygen atoms in total. The van der Waals surface area contributed by atoms with Gasteiger partial charge < -0.3 is 18.4 Å². The molecule has 0 saturated carbocycles. The van der Waals surface area contributed by atoms with E-state index >= 15 is 0 Å². The molecule has 0 aromatic carbocycles. The molecule has 26 heavy (non-hydrogen) atoms. The molecule has 0 atom stereocenters. The summed E-state index contributed by atoms with van der Waals surface area (Å²) in [5.74, 6) is -2.68. The maximum Gasteiger partial charge on any atom is 0.332 e. The van der Waals surface area contributed by atoms with Crippen molar-refractivity contribution in [3.63, 3.8) is 0 Å². The molecule has 0 unspecified atom stereocenters. The number of hydrogen-bond donors (Lipinski definition) is 2. The standard InChI is InChI=1S/C17H36O6Si3/c1-11(2)12(14(18)19)13(15(20)21)16(3,4)10-17(5,6)24-22-25-23-26(7,8)9/h11H,10,24-25H2,1-9H3,(H,18,19)(H,20,21). The molecular weight excluding hydrogens is 384 g/mol. The first kappa shape index (κ1) is 25.3. The lowest BCUT2D eigenvalue weighted by molar-refractivity contribution is -0.137. The highest BCUT2D eigenvalue weighted by Gasteiger charge is 2.39. The maximum atomic E-state index is 11.9. The summed E-state index contributed by atoms with van der Waals surface area (Å²) in [7, 11) is -3.50. The molecule has 152 valence electrons. The Morgan fingerprint density at radius 3 is 1.88 bits per heavy atom. The zero-order valence-electron chi connectivity index (χ0n) is 17.7. The summed E-state index contributed by atoms with van der Waals surface area (Å²) in [6.07, 6.45) is 0.554. The van der Waals surface area contributed by atoms with E-state index in [1.54, 1.807) is 13.8 Å². The highest BCUT2D eigenvalue weighted by atomic mass is 28.4. The van der Waals surface area contributed by atoms with Crippen molar-refractivity contribution in [3.05, 3.63) is 11.1 Å². The van der Waals surface area contributed by atoms with E-state index in [2.05, 4.69) is 33.5 Å². The summed E-state index contributed by atoms with van der Waals surface area (Å²) in [6, 6.07) is 0. The molecule has 9 heteroatoms. The van der Waals surface area contributed by atoms with Gasteiger partial charge in [-0.2, -0.15) is 0 Å². The Kier molecular flexibility index (Phi) is 9.18. The Morgan fingerprint density at radius 1 is 1.04 bits per heavy atom. The lowest BCUT2D eigenvalue weighted by atomic mass is 9.73. The highest BCUT2D eigenvalue weighted by molar-refractivity contribution is 6.73. The lowest BCUT2D eigenvalue weighted by Gasteiger charge is -2.36. The van der Waals surface area contributed by atoms with Gasteiger partial charge in [-0.25, -0.2) is 9.59 Å². The summed E-state index contributed by atoms with van der Waals surface area (Å²) in [4.78, 5) is 23.6. The summed E-state index contributed by atoms with van der Waals surface area (Å²) in [5.41, 5.74) is -0.791. The Morgan fingerprint density at radius 2 is 1.54 bits per heavy atom. The lowest BCUT2D eigenvalue weighted by Crippen LogP contribution is -2.34. The van der Waals surface area contributed by atoms with Crippen LogP contribution in [0.15, 0.2) is 11.1 Å². The van der Waals surface area contributed by atoms with Crippen LogP contribution in [0, 0.1) is 11.3 Å². The fourth-order valence-corrected chi connectivity index (χ4v) is 9.05. The minimum absolute atomic E-state index is 0.00216. The Hall–Kier alpha value is -0.749. The summed E-state index contributed by atoms with van der Waals surface area (Å²) >= 11 is 0. The van der Waals surface area contributed by atoms with Crippen molar-refractivity contribution in [1.29, 1.82) is 0 Å². The Balaban J connectivity index is 5.41. The number of hydrogen-bond acceptors (Lipinski definition) is 4. The van der Waals surface area contributed by atoms with Gasteiger partial charge in [0.1, 0.15) is 0 Å². The number of rotatable bonds is 11. The second-order valence-corrected chi connectivity index (χ2v) is 19.0. The van der Waals surface area contributed by atoms with Crippen molar-refractivity contribution >= 4 is 40.0 Å². The normalized spacial score (nSPS) is 15.3. The van der Waals surface area contributed by atoms with Crippen LogP contribution >= 0.6 is 0 Å². The van der Waals surface area contributed by atoms with Crippen LogP contribution in [0.1, 0.15) is 48.0 Å². The predicted molar refractivity (Wildman–Crippen MR) is 112 cm³/mol. The van der Waals surface area contributed by atoms with E-state index in [-0.39, 0.29) is 22.1 Å². The number of aliphatic carboxylic acids is 2. The maximum absolute atomic E-state index is 11.9. The van der Waals surface area contributed by atoms with Gasteiger partial charge >= 0.3 is 11.9 Å². The molecule has 2 N–H and O–H groups in total. The number of carbonyl (C=O) groups is 2. The summed E-state index contributed by atoms with van der Waals surface area (Å²) < 4.78 is 11.8. The van der Waals surface area contributed by atoms with Gasteiger partial charge in [0.05, 0.1) is 11.1 Å². The minimum Gasteiger partial charge on any atom is -0.478 e. The summed E-state index contributed by atoms with van der Waals surface area (Å²) in [6.45, 7) is 17.6. The third kappa shape index (κ3) is 8.76. The smallest absolute Gasteiger partial charge is 0.332 e. The van der Waals surface area contributed by atoms with Gasteiger partial charge in [0.15, 0.2) is 18.1 Å². The van der Waals surface area contributed by atoms with Crippen LogP contribution in [0.2, 0.25) is 24.7 Å². The van der Waals surface area contributed by atoms with E-state index in [9.17, 15) is 19.8 Å². The fraction of sp³-hybridized carbons (Fsp3) is 0.765. The molecule has 0 aromatic heterocycles. The van der Waals surface area contributed by atoms with E-state index in [0.29, 0.717) is 6.42 Å². The minimum atomic E-state index is -1.56. The zero-order chi connectivity index (χ0) is 20.9. The monoisotopic (exact) mass is 420 g/mol. The van der Waals surface area contributed by atoms with E-state index < -0.39 is 45.4 Å². The molecule has 0 saturated heterocycles. The van der Waals surface area contributed by atoms with Gasteiger partial charge in [0, 0.05) is 0 Å². The predicted octanol–water partition coefficient (Wildman–Crippen LogP) is 2.67. The number of carboxylic acids is 2. The van der Waals surface area contributed by atoms with Crippen molar-refractivity contribution in [2.24, 2.45) is 11.3 Å². The molecule has 0 fully saturated rings. The SMILES string of the molecule is CC(C)C(C(=O)O)=C(C(=O)O)C(C)(C)CC(C)(C)[SiH2]O[SiH2]O[Si](C)(C)C. The van der Waals surface area contributed by atoms with Crippen LogP contribution in [-0.4, -0.2) is 50.2 Å². The van der Waals surface area contributed by atoms with Crippen LogP contribution in [0.25, 0.3) is 0 Å². The quantitative estimate of drug-likeness (QED) is 0.303. The molecule has 0 aliphatic rings. The molecule has 0 bridgehead atoms. The molecule has 0 rings (SSSR count). The second kappa shape index (κ2) is 9.45. The van der Waals surface area contributed by atoms with Crippen LogP contribution in [0.3, 0.4) is 0 Å². The summed E-state index contributed by atoms with van der Waals surface area (Å²) in [5, 5.41) is 19.1. The first-order chi connectivity index (χ1) is 11.5. The highest BCUT2D eigenvalue weighted by Crippen LogP contribution is 2.44. The first-order valence-electron chi connectivity index (χ1n) is 8.93. The van der Waals surface area contributed by atoms with Crippen LogP contribution in [0.4, 0.5) is 0 Å². The third-order valence-electron chi connectivity index (χ3n) is 3.96. The Labute approximate surface area is 163 Å². The van der Waals surface area contributed by atoms with E-state index in [1.165, 1.54) is 0 Å². The van der Waals surface area contributed by atoms with Gasteiger partial charge in [-0.1, -0.05) is 41.5 Å². The molecule has 0 amide bonds. The Bertz CT molecular complexity index is 547. The topological polar surface area (TPSA) is 93.1 Å². The van der Waals surface area contributed by atoms with Gasteiger partial charge in [0.2, 0.25) is 0 Å². The average molecular weight is 421 g/mol. The molecule has 0 aromatic rings. The van der Waals surface area contributed by atoms with E-state index in [0.717, 1.165) is 0 Å². The van der Waals surface area contributed by atoms with Crippen molar-refractivity contribution < 1.29 is 28.0 Å². The van der Waals surface area contributed by atoms with Crippen molar-refractivity contribution in [1.82, 2.24) is 0 Å². The molecule has 0 radical (unpaired) electrons. The third-order valence-corrected chi connectivity index (χ3v) is 10.4.